The van der Waals surface area contributed by atoms with Gasteiger partial charge in [-0.15, -0.1) is 0 Å². The van der Waals surface area contributed by atoms with Gasteiger partial charge >= 0.3 is 0 Å². The molecule has 1 aliphatic rings. The van der Waals surface area contributed by atoms with Gasteiger partial charge in [0.25, 0.3) is 0 Å². The number of sulfonamides is 2. The van der Waals surface area contributed by atoms with E-state index in [0.717, 1.165) is 5.56 Å². The van der Waals surface area contributed by atoms with E-state index in [9.17, 15) is 21.6 Å². The van der Waals surface area contributed by atoms with Crippen LogP contribution >= 0.6 is 0 Å². The van der Waals surface area contributed by atoms with E-state index in [1.807, 2.05) is 13.0 Å². The van der Waals surface area contributed by atoms with Crippen LogP contribution in [0.25, 0.3) is 0 Å². The topological polar surface area (TPSA) is 113 Å². The van der Waals surface area contributed by atoms with Gasteiger partial charge in [-0.3, -0.25) is 4.79 Å². The lowest BCUT2D eigenvalue weighted by Gasteiger charge is -2.34. The maximum Gasteiger partial charge on any atom is 0.243 e. The minimum Gasteiger partial charge on any atom is -0.497 e. The third kappa shape index (κ3) is 5.91. The number of hydrogen-bond acceptors (Lipinski definition) is 6. The number of carbonyl (C=O) groups excluding carboxylic acids is 1. The molecule has 1 fully saturated rings. The molecule has 33 heavy (non-hydrogen) atoms. The number of nitrogens with zero attached hydrogens (tertiary/aromatic N) is 2. The Morgan fingerprint density at radius 1 is 0.970 bits per heavy atom. The SMILES string of the molecule is COc1ccc(S(=O)(=O)NCCC(=O)N2CCN(S(=O)(=O)c3cc(C)ccc3C)CC2)cc1. The van der Waals surface area contributed by atoms with Gasteiger partial charge < -0.3 is 9.64 Å². The number of amides is 1. The first kappa shape index (κ1) is 25.2. The molecule has 0 spiro atoms. The van der Waals surface area contributed by atoms with Crippen molar-refractivity contribution in [1.29, 1.82) is 0 Å². The molecule has 2 aromatic rings. The second kappa shape index (κ2) is 10.2. The van der Waals surface area contributed by atoms with E-state index in [0.29, 0.717) is 11.3 Å². The molecule has 0 radical (unpaired) electrons. The van der Waals surface area contributed by atoms with Crippen LogP contribution in [0.15, 0.2) is 52.3 Å². The monoisotopic (exact) mass is 495 g/mol. The quantitative estimate of drug-likeness (QED) is 0.594. The summed E-state index contributed by atoms with van der Waals surface area (Å²) in [7, 11) is -5.89. The Balaban J connectivity index is 1.52. The number of hydrogen-bond donors (Lipinski definition) is 1. The van der Waals surface area contributed by atoms with Crippen molar-refractivity contribution in [2.75, 3.05) is 39.8 Å². The van der Waals surface area contributed by atoms with Crippen molar-refractivity contribution in [2.24, 2.45) is 0 Å². The molecule has 1 N–H and O–H groups in total. The number of piperazine rings is 1. The molecule has 11 heteroatoms. The lowest BCUT2D eigenvalue weighted by atomic mass is 10.2. The normalized spacial score (nSPS) is 15.4. The van der Waals surface area contributed by atoms with Crippen molar-refractivity contribution < 1.29 is 26.4 Å². The Bertz CT molecular complexity index is 1200. The third-order valence-electron chi connectivity index (χ3n) is 5.55. The molecule has 0 unspecified atom stereocenters. The van der Waals surface area contributed by atoms with Gasteiger partial charge in [-0.2, -0.15) is 4.31 Å². The van der Waals surface area contributed by atoms with Crippen molar-refractivity contribution >= 4 is 26.0 Å². The van der Waals surface area contributed by atoms with Gasteiger partial charge in [-0.25, -0.2) is 21.6 Å². The zero-order valence-electron chi connectivity index (χ0n) is 18.9. The molecular weight excluding hydrogens is 466 g/mol. The van der Waals surface area contributed by atoms with Crippen molar-refractivity contribution in [2.45, 2.75) is 30.1 Å². The van der Waals surface area contributed by atoms with Gasteiger partial charge in [0.2, 0.25) is 26.0 Å². The van der Waals surface area contributed by atoms with E-state index in [1.165, 1.54) is 23.5 Å². The third-order valence-corrected chi connectivity index (χ3v) is 9.07. The fourth-order valence-electron chi connectivity index (χ4n) is 3.59. The van der Waals surface area contributed by atoms with E-state index >= 15 is 0 Å². The summed E-state index contributed by atoms with van der Waals surface area (Å²) in [6, 6.07) is 11.3. The van der Waals surface area contributed by atoms with Crippen molar-refractivity contribution in [1.82, 2.24) is 13.9 Å². The molecule has 2 aromatic carbocycles. The lowest BCUT2D eigenvalue weighted by Crippen LogP contribution is -2.51. The summed E-state index contributed by atoms with van der Waals surface area (Å²) < 4.78 is 59.7. The molecule has 1 heterocycles. The average Bonchev–Trinajstić information content (AvgIpc) is 2.80. The molecule has 0 atom stereocenters. The Morgan fingerprint density at radius 2 is 1.61 bits per heavy atom. The average molecular weight is 496 g/mol. The van der Waals surface area contributed by atoms with Gasteiger partial charge in [0.1, 0.15) is 5.75 Å². The Hall–Kier alpha value is -2.47. The van der Waals surface area contributed by atoms with Crippen LogP contribution in [-0.2, 0) is 24.8 Å². The lowest BCUT2D eigenvalue weighted by molar-refractivity contribution is -0.132. The predicted octanol–water partition coefficient (Wildman–Crippen LogP) is 1.51. The van der Waals surface area contributed by atoms with E-state index in [4.69, 9.17) is 4.74 Å². The first-order valence-electron chi connectivity index (χ1n) is 10.5. The molecule has 1 aliphatic heterocycles. The van der Waals surface area contributed by atoms with Crippen molar-refractivity contribution in [3.05, 3.63) is 53.6 Å². The van der Waals surface area contributed by atoms with Crippen molar-refractivity contribution in [3.63, 3.8) is 0 Å². The van der Waals surface area contributed by atoms with E-state index in [1.54, 1.807) is 36.1 Å². The Labute approximate surface area is 195 Å². The molecule has 0 saturated carbocycles. The smallest absolute Gasteiger partial charge is 0.243 e. The van der Waals surface area contributed by atoms with E-state index in [2.05, 4.69) is 4.72 Å². The number of methoxy groups -OCH3 is 1. The number of rotatable bonds is 8. The van der Waals surface area contributed by atoms with Crippen LogP contribution < -0.4 is 9.46 Å². The first-order chi connectivity index (χ1) is 15.5. The summed E-state index contributed by atoms with van der Waals surface area (Å²) in [5.74, 6) is 0.319. The van der Waals surface area contributed by atoms with Crippen LogP contribution in [0, 0.1) is 13.8 Å². The molecule has 0 aliphatic carbocycles. The molecule has 1 saturated heterocycles. The van der Waals surface area contributed by atoms with Gasteiger partial charge in [0.15, 0.2) is 0 Å². The largest absolute Gasteiger partial charge is 0.497 e. The van der Waals surface area contributed by atoms with Crippen LogP contribution in [0.1, 0.15) is 17.5 Å². The second-order valence-corrected chi connectivity index (χ2v) is 11.6. The summed E-state index contributed by atoms with van der Waals surface area (Å²) in [6.07, 6.45) is -0.0148. The van der Waals surface area contributed by atoms with Gasteiger partial charge in [0, 0.05) is 39.1 Å². The number of nitrogens with one attached hydrogen (secondary N) is 1. The van der Waals surface area contributed by atoms with E-state index < -0.39 is 20.0 Å². The summed E-state index contributed by atoms with van der Waals surface area (Å²) in [4.78, 5) is 14.5. The standard InChI is InChI=1S/C22H29N3O6S2/c1-17-4-5-18(2)21(16-17)33(29,30)25-14-12-24(13-15-25)22(26)10-11-23-32(27,28)20-8-6-19(31-3)7-9-20/h4-9,16,23H,10-15H2,1-3H3. The highest BCUT2D eigenvalue weighted by atomic mass is 32.2. The fraction of sp³-hybridized carbons (Fsp3) is 0.409. The Kier molecular flexibility index (Phi) is 7.78. The predicted molar refractivity (Wildman–Crippen MR) is 124 cm³/mol. The second-order valence-electron chi connectivity index (χ2n) is 7.88. The number of carbonyl (C=O) groups is 1. The van der Waals surface area contributed by atoms with Crippen LogP contribution in [-0.4, -0.2) is 71.8 Å². The molecule has 3 rings (SSSR count). The Morgan fingerprint density at radius 3 is 2.21 bits per heavy atom. The van der Waals surface area contributed by atoms with Crippen molar-refractivity contribution in [3.8, 4) is 5.75 Å². The van der Waals surface area contributed by atoms with Gasteiger partial charge in [-0.1, -0.05) is 12.1 Å². The van der Waals surface area contributed by atoms with Gasteiger partial charge in [0.05, 0.1) is 16.9 Å². The molecule has 9 nitrogen and oxygen atoms in total. The van der Waals surface area contributed by atoms with Crippen LogP contribution in [0.2, 0.25) is 0 Å². The van der Waals surface area contributed by atoms with Crippen LogP contribution in [0.4, 0.5) is 0 Å². The highest BCUT2D eigenvalue weighted by Crippen LogP contribution is 2.22. The van der Waals surface area contributed by atoms with Crippen LogP contribution in [0.3, 0.4) is 0 Å². The number of benzene rings is 2. The molecule has 180 valence electrons. The molecule has 1 amide bonds. The molecular formula is C22H29N3O6S2. The molecule has 0 aromatic heterocycles. The van der Waals surface area contributed by atoms with Gasteiger partial charge in [-0.05, 0) is 55.3 Å². The zero-order valence-corrected chi connectivity index (χ0v) is 20.6. The molecule has 0 bridgehead atoms. The van der Waals surface area contributed by atoms with E-state index in [-0.39, 0.29) is 54.8 Å². The highest BCUT2D eigenvalue weighted by Gasteiger charge is 2.31. The fourth-order valence-corrected chi connectivity index (χ4v) is 6.35. The number of aryl methyl sites for hydroxylation is 2. The summed E-state index contributed by atoms with van der Waals surface area (Å²) in [6.45, 7) is 4.46. The minimum atomic E-state index is -3.74. The summed E-state index contributed by atoms with van der Waals surface area (Å²) >= 11 is 0. The minimum absolute atomic E-state index is 0.0148. The maximum absolute atomic E-state index is 13.0. The highest BCUT2D eigenvalue weighted by molar-refractivity contribution is 7.89. The summed E-state index contributed by atoms with van der Waals surface area (Å²) in [5.41, 5.74) is 1.55. The maximum atomic E-state index is 13.0. The number of ether oxygens (including phenoxy) is 1. The van der Waals surface area contributed by atoms with Crippen LogP contribution in [0.5, 0.6) is 5.75 Å². The first-order valence-corrected chi connectivity index (χ1v) is 13.5. The summed E-state index contributed by atoms with van der Waals surface area (Å²) in [5, 5.41) is 0. The zero-order chi connectivity index (χ0) is 24.2.